The Hall–Kier alpha value is -5.19. The molecule has 4 rings (SSSR count). The summed E-state index contributed by atoms with van der Waals surface area (Å²) in [5.41, 5.74) is 1.20. The molecule has 2 atom stereocenters. The fourth-order valence-electron chi connectivity index (χ4n) is 4.20. The standard InChI is InChI=1S/C30H26O11/c1-16(31)36-22-9-5-20(6-10-22)29-28(41-30(35)21-7-11-23(12-8-21)37-17(2)32)15-25-26(39-19(4)34)13-24(38-18(3)33)14-27(25)40-29/h5-14,28-29H,15H2,1-4H3/t28-,29+/m0/s1. The normalized spacial score (nSPS) is 15.4. The zero-order valence-corrected chi connectivity index (χ0v) is 22.6. The molecule has 41 heavy (non-hydrogen) atoms. The molecule has 0 N–H and O–H groups in total. The van der Waals surface area contributed by atoms with Crippen molar-refractivity contribution >= 4 is 29.8 Å². The first-order valence-corrected chi connectivity index (χ1v) is 12.5. The van der Waals surface area contributed by atoms with Gasteiger partial charge in [-0.3, -0.25) is 19.2 Å². The average Bonchev–Trinajstić information content (AvgIpc) is 2.88. The van der Waals surface area contributed by atoms with Gasteiger partial charge in [0.2, 0.25) is 0 Å². The maximum Gasteiger partial charge on any atom is 0.338 e. The monoisotopic (exact) mass is 562 g/mol. The van der Waals surface area contributed by atoms with Crippen LogP contribution in [0.1, 0.15) is 55.3 Å². The van der Waals surface area contributed by atoms with E-state index in [4.69, 9.17) is 28.4 Å². The van der Waals surface area contributed by atoms with Crippen LogP contribution in [0.3, 0.4) is 0 Å². The Morgan fingerprint density at radius 1 is 0.659 bits per heavy atom. The van der Waals surface area contributed by atoms with Crippen molar-refractivity contribution in [3.05, 3.63) is 77.4 Å². The molecule has 0 spiro atoms. The van der Waals surface area contributed by atoms with Crippen molar-refractivity contribution in [2.24, 2.45) is 0 Å². The molecule has 11 heteroatoms. The lowest BCUT2D eigenvalue weighted by molar-refractivity contribution is -0.133. The van der Waals surface area contributed by atoms with Gasteiger partial charge in [0.25, 0.3) is 0 Å². The molecular weight excluding hydrogens is 536 g/mol. The van der Waals surface area contributed by atoms with E-state index < -0.39 is 42.1 Å². The molecule has 0 amide bonds. The van der Waals surface area contributed by atoms with Gasteiger partial charge in [-0.15, -0.1) is 0 Å². The molecule has 0 saturated carbocycles. The van der Waals surface area contributed by atoms with E-state index in [2.05, 4.69) is 0 Å². The minimum atomic E-state index is -0.906. The highest BCUT2D eigenvalue weighted by molar-refractivity contribution is 5.90. The Labute approximate surface area is 234 Å². The zero-order chi connectivity index (χ0) is 29.7. The summed E-state index contributed by atoms with van der Waals surface area (Å²) in [6.45, 7) is 5.00. The van der Waals surface area contributed by atoms with Gasteiger partial charge < -0.3 is 28.4 Å². The Morgan fingerprint density at radius 3 is 1.71 bits per heavy atom. The first-order chi connectivity index (χ1) is 19.5. The molecule has 0 unspecified atom stereocenters. The van der Waals surface area contributed by atoms with E-state index in [-0.39, 0.29) is 35.0 Å². The minimum Gasteiger partial charge on any atom is -0.481 e. The second kappa shape index (κ2) is 12.3. The van der Waals surface area contributed by atoms with Gasteiger partial charge in [0.15, 0.2) is 6.10 Å². The maximum absolute atomic E-state index is 13.2. The number of carbonyl (C=O) groups is 5. The topological polar surface area (TPSA) is 141 Å². The SMILES string of the molecule is CC(=O)Oc1ccc(C(=O)O[C@H]2Cc3c(OC(C)=O)cc(OC(C)=O)cc3O[C@@H]2c2ccc(OC(C)=O)cc2)cc1. The van der Waals surface area contributed by atoms with Crippen LogP contribution in [-0.2, 0) is 30.3 Å². The van der Waals surface area contributed by atoms with Crippen molar-refractivity contribution in [3.8, 4) is 28.7 Å². The molecular formula is C30H26O11. The van der Waals surface area contributed by atoms with Crippen molar-refractivity contribution in [3.63, 3.8) is 0 Å². The van der Waals surface area contributed by atoms with Gasteiger partial charge in [-0.1, -0.05) is 12.1 Å². The first kappa shape index (κ1) is 28.8. The fraction of sp³-hybridized carbons (Fsp3) is 0.233. The van der Waals surface area contributed by atoms with Gasteiger partial charge in [-0.2, -0.15) is 0 Å². The summed E-state index contributed by atoms with van der Waals surface area (Å²) in [5, 5.41) is 0. The molecule has 1 aliphatic heterocycles. The van der Waals surface area contributed by atoms with Crippen molar-refractivity contribution in [1.29, 1.82) is 0 Å². The van der Waals surface area contributed by atoms with Crippen LogP contribution >= 0.6 is 0 Å². The van der Waals surface area contributed by atoms with Gasteiger partial charge in [-0.25, -0.2) is 4.79 Å². The number of benzene rings is 3. The number of fused-ring (bicyclic) bond motifs is 1. The first-order valence-electron chi connectivity index (χ1n) is 12.5. The highest BCUT2D eigenvalue weighted by Crippen LogP contribution is 2.44. The molecule has 0 saturated heterocycles. The summed E-state index contributed by atoms with van der Waals surface area (Å²) >= 11 is 0. The summed E-state index contributed by atoms with van der Waals surface area (Å²) in [6.07, 6.45) is -1.68. The number of hydrogen-bond donors (Lipinski definition) is 0. The van der Waals surface area contributed by atoms with Crippen LogP contribution in [0.2, 0.25) is 0 Å². The summed E-state index contributed by atoms with van der Waals surface area (Å²) in [7, 11) is 0. The van der Waals surface area contributed by atoms with Crippen molar-refractivity contribution in [1.82, 2.24) is 0 Å². The third kappa shape index (κ3) is 7.47. The van der Waals surface area contributed by atoms with Gasteiger partial charge in [-0.05, 0) is 42.0 Å². The average molecular weight is 563 g/mol. The van der Waals surface area contributed by atoms with E-state index in [1.165, 1.54) is 64.1 Å². The molecule has 1 aliphatic rings. The highest BCUT2D eigenvalue weighted by atomic mass is 16.6. The van der Waals surface area contributed by atoms with Crippen LogP contribution < -0.4 is 23.7 Å². The Balaban J connectivity index is 1.70. The van der Waals surface area contributed by atoms with E-state index in [9.17, 15) is 24.0 Å². The van der Waals surface area contributed by atoms with Crippen LogP contribution in [0.5, 0.6) is 28.7 Å². The van der Waals surface area contributed by atoms with E-state index in [0.717, 1.165) is 0 Å². The van der Waals surface area contributed by atoms with Gasteiger partial charge in [0.1, 0.15) is 34.9 Å². The lowest BCUT2D eigenvalue weighted by atomic mass is 9.93. The second-order valence-corrected chi connectivity index (χ2v) is 9.05. The number of esters is 5. The van der Waals surface area contributed by atoms with Gasteiger partial charge >= 0.3 is 29.8 Å². The molecule has 1 heterocycles. The molecule has 0 fully saturated rings. The summed E-state index contributed by atoms with van der Waals surface area (Å²) in [5.74, 6) is -1.84. The van der Waals surface area contributed by atoms with Crippen LogP contribution in [-0.4, -0.2) is 36.0 Å². The van der Waals surface area contributed by atoms with E-state index in [1.807, 2.05) is 0 Å². The smallest absolute Gasteiger partial charge is 0.338 e. The fourth-order valence-corrected chi connectivity index (χ4v) is 4.20. The van der Waals surface area contributed by atoms with Gasteiger partial charge in [0.05, 0.1) is 5.56 Å². The van der Waals surface area contributed by atoms with Gasteiger partial charge in [0, 0.05) is 51.8 Å². The molecule has 11 nitrogen and oxygen atoms in total. The molecule has 0 bridgehead atoms. The molecule has 0 aliphatic carbocycles. The Morgan fingerprint density at radius 2 is 1.17 bits per heavy atom. The van der Waals surface area contributed by atoms with Crippen LogP contribution in [0.15, 0.2) is 60.7 Å². The van der Waals surface area contributed by atoms with Crippen molar-refractivity contribution < 1.29 is 52.4 Å². The highest BCUT2D eigenvalue weighted by Gasteiger charge is 2.37. The lowest BCUT2D eigenvalue weighted by Gasteiger charge is -2.34. The Bertz CT molecular complexity index is 1490. The van der Waals surface area contributed by atoms with E-state index >= 15 is 0 Å². The molecule has 0 radical (unpaired) electrons. The predicted octanol–water partition coefficient (Wildman–Crippen LogP) is 4.29. The van der Waals surface area contributed by atoms with E-state index in [0.29, 0.717) is 16.9 Å². The lowest BCUT2D eigenvalue weighted by Crippen LogP contribution is -2.35. The van der Waals surface area contributed by atoms with E-state index in [1.54, 1.807) is 24.3 Å². The van der Waals surface area contributed by atoms with Crippen LogP contribution in [0.25, 0.3) is 0 Å². The molecule has 3 aromatic rings. The molecule has 3 aromatic carbocycles. The maximum atomic E-state index is 13.2. The number of ether oxygens (including phenoxy) is 6. The second-order valence-electron chi connectivity index (χ2n) is 9.05. The number of rotatable bonds is 7. The summed E-state index contributed by atoms with van der Waals surface area (Å²) in [6, 6.07) is 15.2. The van der Waals surface area contributed by atoms with Crippen molar-refractivity contribution in [2.75, 3.05) is 0 Å². The van der Waals surface area contributed by atoms with Crippen LogP contribution in [0.4, 0.5) is 0 Å². The van der Waals surface area contributed by atoms with Crippen LogP contribution in [0, 0.1) is 0 Å². The predicted molar refractivity (Wildman–Crippen MR) is 141 cm³/mol. The minimum absolute atomic E-state index is 0.0753. The quantitative estimate of drug-likeness (QED) is 0.301. The summed E-state index contributed by atoms with van der Waals surface area (Å²) < 4.78 is 32.9. The zero-order valence-electron chi connectivity index (χ0n) is 22.6. The third-order valence-electron chi connectivity index (χ3n) is 5.73. The number of hydrogen-bond acceptors (Lipinski definition) is 11. The summed E-state index contributed by atoms with van der Waals surface area (Å²) in [4.78, 5) is 59.1. The largest absolute Gasteiger partial charge is 0.481 e. The number of carbonyl (C=O) groups excluding carboxylic acids is 5. The Kier molecular flexibility index (Phi) is 8.66. The van der Waals surface area contributed by atoms with Crippen molar-refractivity contribution in [2.45, 2.75) is 46.3 Å². The molecule has 212 valence electrons. The third-order valence-corrected chi connectivity index (χ3v) is 5.73. The molecule has 0 aromatic heterocycles.